The zero-order valence-electron chi connectivity index (χ0n) is 11.3. The Morgan fingerprint density at radius 3 is 2.78 bits per heavy atom. The maximum atomic E-state index is 5.99. The van der Waals surface area contributed by atoms with Gasteiger partial charge in [-0.05, 0) is 44.6 Å². The van der Waals surface area contributed by atoms with Crippen molar-refractivity contribution in [3.63, 3.8) is 0 Å². The van der Waals surface area contributed by atoms with E-state index < -0.39 is 0 Å². The summed E-state index contributed by atoms with van der Waals surface area (Å²) >= 11 is 0. The van der Waals surface area contributed by atoms with E-state index in [2.05, 4.69) is 34.4 Å². The molecule has 4 heteroatoms. The highest BCUT2D eigenvalue weighted by molar-refractivity contribution is 5.09. The first-order valence-corrected chi connectivity index (χ1v) is 6.65. The predicted molar refractivity (Wildman–Crippen MR) is 72.4 cm³/mol. The monoisotopic (exact) mass is 249 g/mol. The molecule has 1 saturated heterocycles. The van der Waals surface area contributed by atoms with Crippen molar-refractivity contribution >= 4 is 0 Å². The molecule has 0 aromatic carbocycles. The van der Waals surface area contributed by atoms with Crippen molar-refractivity contribution in [2.24, 2.45) is 0 Å². The fourth-order valence-corrected chi connectivity index (χ4v) is 2.50. The molecule has 4 nitrogen and oxygen atoms in total. The highest BCUT2D eigenvalue weighted by atomic mass is 16.5. The molecule has 1 aliphatic heterocycles. The van der Waals surface area contributed by atoms with Crippen molar-refractivity contribution < 1.29 is 4.74 Å². The van der Waals surface area contributed by atoms with E-state index in [-0.39, 0.29) is 0 Å². The van der Waals surface area contributed by atoms with E-state index in [0.29, 0.717) is 12.2 Å². The molecule has 18 heavy (non-hydrogen) atoms. The quantitative estimate of drug-likeness (QED) is 0.824. The number of hydrogen-bond acceptors (Lipinski definition) is 4. The lowest BCUT2D eigenvalue weighted by Gasteiger charge is -2.21. The van der Waals surface area contributed by atoms with Crippen LogP contribution in [-0.4, -0.2) is 49.3 Å². The molecule has 0 saturated carbocycles. The van der Waals surface area contributed by atoms with Gasteiger partial charge in [-0.25, -0.2) is 0 Å². The summed E-state index contributed by atoms with van der Waals surface area (Å²) in [6, 6.07) is 4.13. The molecule has 0 spiro atoms. The molecule has 2 unspecified atom stereocenters. The van der Waals surface area contributed by atoms with E-state index in [9.17, 15) is 0 Å². The van der Waals surface area contributed by atoms with E-state index in [1.54, 1.807) is 0 Å². The van der Waals surface area contributed by atoms with E-state index >= 15 is 0 Å². The lowest BCUT2D eigenvalue weighted by Crippen LogP contribution is -2.30. The Labute approximate surface area is 109 Å². The highest BCUT2D eigenvalue weighted by Gasteiger charge is 2.25. The Kier molecular flexibility index (Phi) is 5.11. The second-order valence-corrected chi connectivity index (χ2v) is 5.07. The van der Waals surface area contributed by atoms with Gasteiger partial charge >= 0.3 is 0 Å². The maximum absolute atomic E-state index is 5.99. The summed E-state index contributed by atoms with van der Waals surface area (Å²) in [4.78, 5) is 6.36. The third-order valence-electron chi connectivity index (χ3n) is 3.34. The van der Waals surface area contributed by atoms with Gasteiger partial charge in [0, 0.05) is 32.0 Å². The van der Waals surface area contributed by atoms with Crippen LogP contribution in [0.5, 0.6) is 0 Å². The van der Waals surface area contributed by atoms with Gasteiger partial charge in [0.25, 0.3) is 0 Å². The molecule has 2 heterocycles. The Morgan fingerprint density at radius 1 is 1.33 bits per heavy atom. The van der Waals surface area contributed by atoms with Crippen LogP contribution in [0.4, 0.5) is 0 Å². The Balaban J connectivity index is 1.73. The topological polar surface area (TPSA) is 37.4 Å². The number of nitrogens with one attached hydrogen (secondary N) is 1. The van der Waals surface area contributed by atoms with Gasteiger partial charge in [-0.15, -0.1) is 0 Å². The van der Waals surface area contributed by atoms with Crippen LogP contribution in [0.1, 0.15) is 18.4 Å². The predicted octanol–water partition coefficient (Wildman–Crippen LogP) is 1.28. The van der Waals surface area contributed by atoms with Crippen LogP contribution < -0.4 is 5.32 Å². The van der Waals surface area contributed by atoms with E-state index in [1.807, 2.05) is 19.4 Å². The smallest absolute Gasteiger partial charge is 0.0707 e. The van der Waals surface area contributed by atoms with Gasteiger partial charge in [0.1, 0.15) is 0 Å². The van der Waals surface area contributed by atoms with Crippen molar-refractivity contribution in [2.45, 2.75) is 31.6 Å². The van der Waals surface area contributed by atoms with Crippen LogP contribution in [0.3, 0.4) is 0 Å². The molecule has 1 fully saturated rings. The van der Waals surface area contributed by atoms with E-state index in [4.69, 9.17) is 4.74 Å². The van der Waals surface area contributed by atoms with Gasteiger partial charge in [-0.2, -0.15) is 0 Å². The molecule has 0 radical (unpaired) electrons. The normalized spacial score (nSPS) is 23.7. The van der Waals surface area contributed by atoms with Crippen molar-refractivity contribution in [3.05, 3.63) is 30.1 Å². The number of nitrogens with zero attached hydrogens (tertiary/aromatic N) is 2. The van der Waals surface area contributed by atoms with Gasteiger partial charge < -0.3 is 10.1 Å². The summed E-state index contributed by atoms with van der Waals surface area (Å²) in [5.74, 6) is 0. The molecule has 0 aliphatic carbocycles. The molecule has 1 aromatic heterocycles. The van der Waals surface area contributed by atoms with Gasteiger partial charge in [0.15, 0.2) is 0 Å². The van der Waals surface area contributed by atoms with Crippen LogP contribution in [0.15, 0.2) is 24.5 Å². The van der Waals surface area contributed by atoms with Crippen molar-refractivity contribution in [2.75, 3.05) is 27.2 Å². The first kappa shape index (κ1) is 13.5. The number of hydrogen-bond donors (Lipinski definition) is 1. The third kappa shape index (κ3) is 4.05. The van der Waals surface area contributed by atoms with Gasteiger partial charge in [0.2, 0.25) is 0 Å². The number of pyridine rings is 1. The van der Waals surface area contributed by atoms with Crippen LogP contribution in [0, 0.1) is 0 Å². The summed E-state index contributed by atoms with van der Waals surface area (Å²) in [5.41, 5.74) is 1.30. The number of rotatable bonds is 6. The average Bonchev–Trinajstić information content (AvgIpc) is 2.78. The van der Waals surface area contributed by atoms with E-state index in [1.165, 1.54) is 18.4 Å². The number of likely N-dealkylation sites (N-methyl/N-ethyl adjacent to an activating group) is 2. The lowest BCUT2D eigenvalue weighted by atomic mass is 10.2. The molecule has 0 bridgehead atoms. The van der Waals surface area contributed by atoms with Gasteiger partial charge in [-0.1, -0.05) is 0 Å². The standard InChI is InChI=1S/C14H23N3O/c1-15-9-13-3-4-14(18-13)11-17(2)10-12-5-7-16-8-6-12/h5-8,13-15H,3-4,9-11H2,1-2H3. The molecular weight excluding hydrogens is 226 g/mol. The molecule has 2 rings (SSSR count). The zero-order valence-corrected chi connectivity index (χ0v) is 11.3. The number of ether oxygens (including phenoxy) is 1. The molecule has 0 amide bonds. The second-order valence-electron chi connectivity index (χ2n) is 5.07. The Bertz CT molecular complexity index is 344. The summed E-state index contributed by atoms with van der Waals surface area (Å²) in [7, 11) is 4.13. The fraction of sp³-hybridized carbons (Fsp3) is 0.643. The van der Waals surface area contributed by atoms with Crippen molar-refractivity contribution in [1.82, 2.24) is 15.2 Å². The lowest BCUT2D eigenvalue weighted by molar-refractivity contribution is 0.0276. The fourth-order valence-electron chi connectivity index (χ4n) is 2.50. The van der Waals surface area contributed by atoms with Crippen molar-refractivity contribution in [1.29, 1.82) is 0 Å². The van der Waals surface area contributed by atoms with Gasteiger partial charge in [0.05, 0.1) is 12.2 Å². The molecular formula is C14H23N3O. The van der Waals surface area contributed by atoms with Crippen LogP contribution in [0.2, 0.25) is 0 Å². The minimum absolute atomic E-state index is 0.384. The summed E-state index contributed by atoms with van der Waals surface area (Å²) in [6.07, 6.45) is 6.82. The van der Waals surface area contributed by atoms with Crippen molar-refractivity contribution in [3.8, 4) is 0 Å². The summed E-state index contributed by atoms with van der Waals surface area (Å²) in [5, 5.41) is 3.18. The SMILES string of the molecule is CNCC1CCC(CN(C)Cc2ccncc2)O1. The first-order chi connectivity index (χ1) is 8.78. The molecule has 2 atom stereocenters. The maximum Gasteiger partial charge on any atom is 0.0707 e. The minimum atomic E-state index is 0.384. The summed E-state index contributed by atoms with van der Waals surface area (Å²) in [6.45, 7) is 2.92. The minimum Gasteiger partial charge on any atom is -0.372 e. The van der Waals surface area contributed by atoms with E-state index in [0.717, 1.165) is 19.6 Å². The molecule has 1 aliphatic rings. The number of aromatic nitrogens is 1. The van der Waals surface area contributed by atoms with Crippen LogP contribution >= 0.6 is 0 Å². The van der Waals surface area contributed by atoms with Crippen LogP contribution in [-0.2, 0) is 11.3 Å². The van der Waals surface area contributed by atoms with Gasteiger partial charge in [-0.3, -0.25) is 9.88 Å². The molecule has 1 aromatic rings. The third-order valence-corrected chi connectivity index (χ3v) is 3.34. The summed E-state index contributed by atoms with van der Waals surface area (Å²) < 4.78 is 5.99. The molecule has 1 N–H and O–H groups in total. The first-order valence-electron chi connectivity index (χ1n) is 6.65. The molecule has 100 valence electrons. The largest absolute Gasteiger partial charge is 0.372 e. The Hall–Kier alpha value is -0.970. The average molecular weight is 249 g/mol. The van der Waals surface area contributed by atoms with Crippen LogP contribution in [0.25, 0.3) is 0 Å². The zero-order chi connectivity index (χ0) is 12.8. The Morgan fingerprint density at radius 2 is 2.06 bits per heavy atom. The highest BCUT2D eigenvalue weighted by Crippen LogP contribution is 2.20. The second kappa shape index (κ2) is 6.83.